The first-order valence-corrected chi connectivity index (χ1v) is 7.79. The van der Waals surface area contributed by atoms with Gasteiger partial charge in [0.15, 0.2) is 5.75 Å². The van der Waals surface area contributed by atoms with Crippen molar-refractivity contribution in [2.75, 3.05) is 0 Å². The zero-order valence-corrected chi connectivity index (χ0v) is 13.7. The van der Waals surface area contributed by atoms with E-state index >= 15 is 0 Å². The van der Waals surface area contributed by atoms with Gasteiger partial charge in [0.25, 0.3) is 5.56 Å². The first-order chi connectivity index (χ1) is 11.5. The predicted molar refractivity (Wildman–Crippen MR) is 92.0 cm³/mol. The highest BCUT2D eigenvalue weighted by molar-refractivity contribution is 6.39. The van der Waals surface area contributed by atoms with E-state index < -0.39 is 0 Å². The zero-order chi connectivity index (χ0) is 16.8. The van der Waals surface area contributed by atoms with E-state index in [0.717, 1.165) is 5.65 Å². The van der Waals surface area contributed by atoms with Gasteiger partial charge >= 0.3 is 0 Å². The summed E-state index contributed by atoms with van der Waals surface area (Å²) in [4.78, 5) is 21.3. The molecule has 0 fully saturated rings. The molecule has 0 aliphatic rings. The zero-order valence-electron chi connectivity index (χ0n) is 12.1. The van der Waals surface area contributed by atoms with Crippen LogP contribution in [0.4, 0.5) is 0 Å². The average Bonchev–Trinajstić information content (AvgIpc) is 2.97. The van der Waals surface area contributed by atoms with Gasteiger partial charge < -0.3 is 9.51 Å². The molecule has 0 aliphatic carbocycles. The van der Waals surface area contributed by atoms with E-state index in [4.69, 9.17) is 23.2 Å². The predicted octanol–water partition coefficient (Wildman–Crippen LogP) is 3.10. The van der Waals surface area contributed by atoms with Gasteiger partial charge in [0.05, 0.1) is 34.0 Å². The molecule has 4 rings (SSSR count). The average molecular weight is 361 g/mol. The van der Waals surface area contributed by atoms with Crippen molar-refractivity contribution < 1.29 is 5.11 Å². The number of phenols is 1. The van der Waals surface area contributed by atoms with E-state index in [9.17, 15) is 9.90 Å². The highest BCUT2D eigenvalue weighted by atomic mass is 35.5. The minimum Gasteiger partial charge on any atom is -0.504 e. The van der Waals surface area contributed by atoms with Gasteiger partial charge in [-0.2, -0.15) is 0 Å². The van der Waals surface area contributed by atoms with Crippen molar-refractivity contribution >= 4 is 39.8 Å². The summed E-state index contributed by atoms with van der Waals surface area (Å²) in [5.74, 6) is -0.256. The lowest BCUT2D eigenvalue weighted by Crippen LogP contribution is -2.21. The van der Waals surface area contributed by atoms with Gasteiger partial charge in [0, 0.05) is 12.4 Å². The summed E-state index contributed by atoms with van der Waals surface area (Å²) < 4.78 is 3.26. The molecule has 3 aromatic heterocycles. The number of aromatic nitrogens is 4. The normalized spacial score (nSPS) is 11.4. The van der Waals surface area contributed by atoms with E-state index in [0.29, 0.717) is 5.69 Å². The highest BCUT2D eigenvalue weighted by Gasteiger charge is 2.15. The topological polar surface area (TPSA) is 72.4 Å². The van der Waals surface area contributed by atoms with Crippen molar-refractivity contribution in [2.24, 2.45) is 0 Å². The molecule has 0 unspecified atom stereocenters. The van der Waals surface area contributed by atoms with Crippen LogP contribution in [0.3, 0.4) is 0 Å². The number of hydrogen-bond donors (Lipinski definition) is 1. The lowest BCUT2D eigenvalue weighted by atomic mass is 10.2. The van der Waals surface area contributed by atoms with Crippen molar-refractivity contribution in [3.63, 3.8) is 0 Å². The maximum Gasteiger partial charge on any atom is 0.263 e. The lowest BCUT2D eigenvalue weighted by molar-refractivity contribution is 0.480. The van der Waals surface area contributed by atoms with Crippen LogP contribution in [0, 0.1) is 0 Å². The quantitative estimate of drug-likeness (QED) is 0.596. The fourth-order valence-electron chi connectivity index (χ4n) is 2.60. The fourth-order valence-corrected chi connectivity index (χ4v) is 3.13. The third-order valence-electron chi connectivity index (χ3n) is 3.73. The first kappa shape index (κ1) is 15.0. The lowest BCUT2D eigenvalue weighted by Gasteiger charge is -2.08. The molecule has 120 valence electrons. The molecule has 3 heterocycles. The molecule has 0 saturated carbocycles. The monoisotopic (exact) mass is 360 g/mol. The number of hydrogen-bond acceptors (Lipinski definition) is 4. The van der Waals surface area contributed by atoms with Crippen LogP contribution in [-0.2, 0) is 6.54 Å². The van der Waals surface area contributed by atoms with Crippen molar-refractivity contribution in [1.29, 1.82) is 0 Å². The molecule has 6 nitrogen and oxygen atoms in total. The van der Waals surface area contributed by atoms with Crippen LogP contribution < -0.4 is 5.56 Å². The molecular formula is C16H10Cl2N4O2. The Balaban J connectivity index is 1.85. The minimum absolute atomic E-state index is 0.0532. The van der Waals surface area contributed by atoms with E-state index in [-0.39, 0.29) is 38.8 Å². The van der Waals surface area contributed by atoms with Crippen LogP contribution in [0.25, 0.3) is 16.6 Å². The van der Waals surface area contributed by atoms with Crippen molar-refractivity contribution in [2.45, 2.75) is 6.54 Å². The first-order valence-electron chi connectivity index (χ1n) is 7.03. The van der Waals surface area contributed by atoms with Crippen LogP contribution in [0.15, 0.2) is 47.8 Å². The SMILES string of the molecule is O=c1c2c(Cl)cc(Cl)c(O)c2ncn1Cc1cn2ccccc2n1. The second-order valence-corrected chi connectivity index (χ2v) is 6.10. The summed E-state index contributed by atoms with van der Waals surface area (Å²) in [5.41, 5.74) is 1.22. The summed E-state index contributed by atoms with van der Waals surface area (Å²) in [6.45, 7) is 0.239. The number of nitrogens with zero attached hydrogens (tertiary/aromatic N) is 4. The summed E-state index contributed by atoms with van der Waals surface area (Å²) in [5, 5.41) is 10.3. The number of imidazole rings is 1. The molecule has 1 aromatic carbocycles. The Kier molecular flexibility index (Phi) is 3.44. The van der Waals surface area contributed by atoms with Gasteiger partial charge in [-0.15, -0.1) is 0 Å². The molecular weight excluding hydrogens is 351 g/mol. The van der Waals surface area contributed by atoms with Crippen LogP contribution >= 0.6 is 23.2 Å². The molecule has 0 radical (unpaired) electrons. The van der Waals surface area contributed by atoms with Crippen LogP contribution in [0.1, 0.15) is 5.69 Å². The van der Waals surface area contributed by atoms with Gasteiger partial charge in [-0.1, -0.05) is 29.3 Å². The number of rotatable bonds is 2. The van der Waals surface area contributed by atoms with Crippen molar-refractivity contribution in [1.82, 2.24) is 18.9 Å². The van der Waals surface area contributed by atoms with E-state index in [1.54, 1.807) is 0 Å². The maximum absolute atomic E-state index is 12.7. The van der Waals surface area contributed by atoms with Gasteiger partial charge in [0.2, 0.25) is 0 Å². The van der Waals surface area contributed by atoms with Crippen LogP contribution in [0.5, 0.6) is 5.75 Å². The Morgan fingerprint density at radius 2 is 2.04 bits per heavy atom. The number of halogens is 2. The van der Waals surface area contributed by atoms with Crippen molar-refractivity contribution in [3.8, 4) is 5.75 Å². The standard InChI is InChI=1S/C16H10Cl2N4O2/c17-10-5-11(18)15(23)14-13(10)16(24)22(8-19-14)7-9-6-21-4-2-1-3-12(21)20-9/h1-6,8,23H,7H2. The van der Waals surface area contributed by atoms with Gasteiger partial charge in [0.1, 0.15) is 11.2 Å². The van der Waals surface area contributed by atoms with Gasteiger partial charge in [-0.3, -0.25) is 9.36 Å². The van der Waals surface area contributed by atoms with Crippen LogP contribution in [0.2, 0.25) is 10.0 Å². The number of benzene rings is 1. The molecule has 4 aromatic rings. The molecule has 1 N–H and O–H groups in total. The minimum atomic E-state index is -0.367. The smallest absolute Gasteiger partial charge is 0.263 e. The fraction of sp³-hybridized carbons (Fsp3) is 0.0625. The van der Waals surface area contributed by atoms with E-state index in [2.05, 4.69) is 9.97 Å². The molecule has 0 bridgehead atoms. The molecule has 0 atom stereocenters. The molecule has 0 spiro atoms. The second kappa shape index (κ2) is 5.51. The molecule has 0 saturated heterocycles. The largest absolute Gasteiger partial charge is 0.504 e. The second-order valence-electron chi connectivity index (χ2n) is 5.29. The summed E-state index contributed by atoms with van der Waals surface area (Å²) in [6, 6.07) is 7.00. The molecule has 8 heteroatoms. The third kappa shape index (κ3) is 2.31. The van der Waals surface area contributed by atoms with Crippen molar-refractivity contribution in [3.05, 3.63) is 69.1 Å². The van der Waals surface area contributed by atoms with Crippen LogP contribution in [-0.4, -0.2) is 24.0 Å². The molecule has 24 heavy (non-hydrogen) atoms. The van der Waals surface area contributed by atoms with Gasteiger partial charge in [-0.05, 0) is 18.2 Å². The maximum atomic E-state index is 12.7. The Bertz CT molecular complexity index is 1120. The third-order valence-corrected chi connectivity index (χ3v) is 4.31. The Labute approximate surface area is 145 Å². The number of aromatic hydroxyl groups is 1. The summed E-state index contributed by atoms with van der Waals surface area (Å²) >= 11 is 12.0. The summed E-state index contributed by atoms with van der Waals surface area (Å²) in [7, 11) is 0. The Hall–Kier alpha value is -2.57. The number of fused-ring (bicyclic) bond motifs is 2. The number of phenolic OH excluding ortho intramolecular Hbond substituents is 1. The number of pyridine rings is 1. The Morgan fingerprint density at radius 1 is 1.21 bits per heavy atom. The summed E-state index contributed by atoms with van der Waals surface area (Å²) in [6.07, 6.45) is 5.07. The van der Waals surface area contributed by atoms with Gasteiger partial charge in [-0.25, -0.2) is 9.97 Å². The van der Waals surface area contributed by atoms with E-state index in [1.165, 1.54) is 17.0 Å². The van der Waals surface area contributed by atoms with E-state index in [1.807, 2.05) is 35.0 Å². The Morgan fingerprint density at radius 3 is 2.83 bits per heavy atom. The highest BCUT2D eigenvalue weighted by Crippen LogP contribution is 2.34. The molecule has 0 aliphatic heterocycles. The molecule has 0 amide bonds.